The van der Waals surface area contributed by atoms with Gasteiger partial charge in [-0.2, -0.15) is 0 Å². The van der Waals surface area contributed by atoms with Crippen LogP contribution in [-0.4, -0.2) is 36.1 Å². The van der Waals surface area contributed by atoms with Crippen molar-refractivity contribution >= 4 is 17.6 Å². The van der Waals surface area contributed by atoms with E-state index in [0.717, 1.165) is 12.8 Å². The summed E-state index contributed by atoms with van der Waals surface area (Å²) in [6.07, 6.45) is 4.38. The van der Waals surface area contributed by atoms with Gasteiger partial charge in [-0.3, -0.25) is 0 Å². The maximum atomic E-state index is 12.1. The van der Waals surface area contributed by atoms with Crippen LogP contribution in [0, 0.1) is 0 Å². The number of piperidine rings is 1. The fourth-order valence-electron chi connectivity index (χ4n) is 3.30. The second-order valence-corrected chi connectivity index (χ2v) is 5.94. The highest BCUT2D eigenvalue weighted by molar-refractivity contribution is 6.33. The largest absolute Gasteiger partial charge is 0.459 e. The molecule has 0 aromatic heterocycles. The lowest BCUT2D eigenvalue weighted by molar-refractivity contribution is -0.000430. The number of hydrogen-bond acceptors (Lipinski definition) is 3. The van der Waals surface area contributed by atoms with Gasteiger partial charge in [0, 0.05) is 24.9 Å². The van der Waals surface area contributed by atoms with Gasteiger partial charge in [-0.05, 0) is 32.0 Å². The highest BCUT2D eigenvalue weighted by Gasteiger charge is 2.39. The standard InChI is InChI=1S/C15H18ClNO2/c1-17-10-6-7-11(17)9-12(8-10)19-15(18)13-4-2-3-5-14(13)16/h2-5,10-12H,6-9H2,1H3/t10-,11+,12?. The Bertz CT molecular complexity index is 477. The summed E-state index contributed by atoms with van der Waals surface area (Å²) in [5.74, 6) is -0.292. The van der Waals surface area contributed by atoms with Crippen molar-refractivity contribution < 1.29 is 9.53 Å². The molecule has 2 bridgehead atoms. The molecule has 3 rings (SSSR count). The van der Waals surface area contributed by atoms with Crippen LogP contribution in [0.3, 0.4) is 0 Å². The fourth-order valence-corrected chi connectivity index (χ4v) is 3.51. The molecule has 0 saturated carbocycles. The molecule has 0 N–H and O–H groups in total. The molecule has 102 valence electrons. The lowest BCUT2D eigenvalue weighted by atomic mass is 10.0. The van der Waals surface area contributed by atoms with Gasteiger partial charge in [-0.1, -0.05) is 23.7 Å². The zero-order chi connectivity index (χ0) is 13.4. The zero-order valence-corrected chi connectivity index (χ0v) is 11.8. The van der Waals surface area contributed by atoms with Crippen LogP contribution in [0.1, 0.15) is 36.0 Å². The van der Waals surface area contributed by atoms with E-state index in [2.05, 4.69) is 11.9 Å². The lowest BCUT2D eigenvalue weighted by Gasteiger charge is -2.35. The van der Waals surface area contributed by atoms with Crippen LogP contribution >= 0.6 is 11.6 Å². The van der Waals surface area contributed by atoms with Gasteiger partial charge in [-0.25, -0.2) is 4.79 Å². The SMILES string of the molecule is CN1[C@@H]2CC[C@H]1CC(OC(=O)c1ccccc1Cl)C2. The van der Waals surface area contributed by atoms with Crippen LogP contribution in [0.4, 0.5) is 0 Å². The first-order chi connectivity index (χ1) is 9.15. The van der Waals surface area contributed by atoms with Crippen LogP contribution in [-0.2, 0) is 4.74 Å². The molecule has 1 aromatic rings. The van der Waals surface area contributed by atoms with Crippen LogP contribution in [0.25, 0.3) is 0 Å². The number of hydrogen-bond donors (Lipinski definition) is 0. The molecule has 3 atom stereocenters. The third-order valence-corrected chi connectivity index (χ3v) is 4.75. The highest BCUT2D eigenvalue weighted by atomic mass is 35.5. The summed E-state index contributed by atoms with van der Waals surface area (Å²) in [5.41, 5.74) is 0.468. The van der Waals surface area contributed by atoms with Gasteiger partial charge in [0.05, 0.1) is 10.6 Å². The first kappa shape index (κ1) is 12.9. The molecule has 0 spiro atoms. The molecule has 4 heteroatoms. The van der Waals surface area contributed by atoms with Crippen LogP contribution in [0.15, 0.2) is 24.3 Å². The van der Waals surface area contributed by atoms with Gasteiger partial charge in [-0.15, -0.1) is 0 Å². The van der Waals surface area contributed by atoms with Crippen molar-refractivity contribution in [3.8, 4) is 0 Å². The number of fused-ring (bicyclic) bond motifs is 2. The number of carbonyl (C=O) groups is 1. The second-order valence-electron chi connectivity index (χ2n) is 5.53. The molecule has 1 unspecified atom stereocenters. The molecule has 0 amide bonds. The molecular formula is C15H18ClNO2. The van der Waals surface area contributed by atoms with E-state index in [1.807, 2.05) is 6.07 Å². The van der Waals surface area contributed by atoms with Gasteiger partial charge < -0.3 is 9.64 Å². The Morgan fingerprint density at radius 3 is 2.53 bits per heavy atom. The number of halogens is 1. The molecule has 0 aliphatic carbocycles. The molecule has 2 fully saturated rings. The fraction of sp³-hybridized carbons (Fsp3) is 0.533. The third-order valence-electron chi connectivity index (χ3n) is 4.42. The van der Waals surface area contributed by atoms with E-state index in [1.54, 1.807) is 18.2 Å². The Labute approximate surface area is 118 Å². The average molecular weight is 280 g/mol. The quantitative estimate of drug-likeness (QED) is 0.779. The highest BCUT2D eigenvalue weighted by Crippen LogP contribution is 2.35. The Morgan fingerprint density at radius 2 is 1.89 bits per heavy atom. The van der Waals surface area contributed by atoms with E-state index in [4.69, 9.17) is 16.3 Å². The van der Waals surface area contributed by atoms with Crippen LogP contribution in [0.2, 0.25) is 5.02 Å². The van der Waals surface area contributed by atoms with E-state index in [0.29, 0.717) is 22.7 Å². The topological polar surface area (TPSA) is 29.5 Å². The van der Waals surface area contributed by atoms with E-state index in [9.17, 15) is 4.79 Å². The molecule has 2 aliphatic heterocycles. The first-order valence-corrected chi connectivity index (χ1v) is 7.20. The summed E-state index contributed by atoms with van der Waals surface area (Å²) in [5, 5.41) is 0.461. The average Bonchev–Trinajstić information content (AvgIpc) is 2.63. The van der Waals surface area contributed by atoms with Gasteiger partial charge in [0.1, 0.15) is 6.10 Å². The number of nitrogens with zero attached hydrogens (tertiary/aromatic N) is 1. The van der Waals surface area contributed by atoms with Gasteiger partial charge in [0.2, 0.25) is 0 Å². The Hall–Kier alpha value is -1.06. The van der Waals surface area contributed by atoms with Crippen LogP contribution < -0.4 is 0 Å². The molecule has 2 heterocycles. The summed E-state index contributed by atoms with van der Waals surface area (Å²) in [7, 11) is 2.18. The first-order valence-electron chi connectivity index (χ1n) is 6.82. The van der Waals surface area contributed by atoms with Gasteiger partial charge >= 0.3 is 5.97 Å². The number of rotatable bonds is 2. The minimum absolute atomic E-state index is 0.0393. The van der Waals surface area contributed by atoms with Crippen molar-refractivity contribution in [1.29, 1.82) is 0 Å². The van der Waals surface area contributed by atoms with Gasteiger partial charge in [0.25, 0.3) is 0 Å². The molecule has 3 nitrogen and oxygen atoms in total. The number of benzene rings is 1. The molecule has 1 aromatic carbocycles. The molecule has 19 heavy (non-hydrogen) atoms. The van der Waals surface area contributed by atoms with Crippen molar-refractivity contribution in [3.05, 3.63) is 34.9 Å². The maximum Gasteiger partial charge on any atom is 0.339 e. The van der Waals surface area contributed by atoms with E-state index in [-0.39, 0.29) is 12.1 Å². The second kappa shape index (κ2) is 5.14. The summed E-state index contributed by atoms with van der Waals surface area (Å²) in [4.78, 5) is 14.6. The van der Waals surface area contributed by atoms with E-state index in [1.165, 1.54) is 12.8 Å². The Balaban J connectivity index is 1.67. The minimum atomic E-state index is -0.292. The number of esters is 1. The Morgan fingerprint density at radius 1 is 1.26 bits per heavy atom. The van der Waals surface area contributed by atoms with Crippen molar-refractivity contribution in [2.24, 2.45) is 0 Å². The van der Waals surface area contributed by atoms with E-state index >= 15 is 0 Å². The predicted octanol–water partition coefficient (Wildman–Crippen LogP) is 3.12. The van der Waals surface area contributed by atoms with Gasteiger partial charge in [0.15, 0.2) is 0 Å². The van der Waals surface area contributed by atoms with Crippen LogP contribution in [0.5, 0.6) is 0 Å². The maximum absolute atomic E-state index is 12.1. The van der Waals surface area contributed by atoms with Crippen molar-refractivity contribution in [2.45, 2.75) is 43.9 Å². The van der Waals surface area contributed by atoms with Crippen molar-refractivity contribution in [1.82, 2.24) is 4.90 Å². The predicted molar refractivity (Wildman–Crippen MR) is 74.5 cm³/mol. The third kappa shape index (κ3) is 2.49. The minimum Gasteiger partial charge on any atom is -0.459 e. The normalized spacial score (nSPS) is 30.3. The van der Waals surface area contributed by atoms with E-state index < -0.39 is 0 Å². The van der Waals surface area contributed by atoms with Crippen molar-refractivity contribution in [3.63, 3.8) is 0 Å². The zero-order valence-electron chi connectivity index (χ0n) is 11.0. The number of carbonyl (C=O) groups excluding carboxylic acids is 1. The summed E-state index contributed by atoms with van der Waals surface area (Å²) in [6.45, 7) is 0. The molecule has 2 saturated heterocycles. The Kier molecular flexibility index (Phi) is 3.50. The summed E-state index contributed by atoms with van der Waals surface area (Å²) in [6, 6.07) is 8.20. The monoisotopic (exact) mass is 279 g/mol. The number of ether oxygens (including phenoxy) is 1. The van der Waals surface area contributed by atoms with Crippen molar-refractivity contribution in [2.75, 3.05) is 7.05 Å². The molecule has 0 radical (unpaired) electrons. The summed E-state index contributed by atoms with van der Waals surface area (Å²) < 4.78 is 5.64. The smallest absolute Gasteiger partial charge is 0.339 e. The lowest BCUT2D eigenvalue weighted by Crippen LogP contribution is -2.43. The molecular weight excluding hydrogens is 262 g/mol. The molecule has 2 aliphatic rings. The summed E-state index contributed by atoms with van der Waals surface area (Å²) >= 11 is 6.02.